The normalized spacial score (nSPS) is 12.2. The van der Waals surface area contributed by atoms with E-state index in [0.29, 0.717) is 0 Å². The predicted octanol–water partition coefficient (Wildman–Crippen LogP) is 1.57. The molecule has 0 spiro atoms. The molecule has 1 rings (SSSR count). The fourth-order valence-corrected chi connectivity index (χ4v) is 2.11. The number of hydrogen-bond acceptors (Lipinski definition) is 4. The Morgan fingerprint density at radius 2 is 1.95 bits per heavy atom. The van der Waals surface area contributed by atoms with Gasteiger partial charge in [-0.15, -0.1) is 0 Å². The minimum Gasteiger partial charge on any atom is -0.480 e. The maximum absolute atomic E-state index is 12.4. The van der Waals surface area contributed by atoms with E-state index in [9.17, 15) is 18.4 Å². The number of thioether (sulfide) groups is 1. The van der Waals surface area contributed by atoms with Gasteiger partial charge >= 0.3 is 5.97 Å². The first-order chi connectivity index (χ1) is 9.45. The number of aliphatic carboxylic acids is 1. The van der Waals surface area contributed by atoms with Crippen LogP contribution >= 0.6 is 11.8 Å². The first-order valence-electron chi connectivity index (χ1n) is 5.64. The molecular formula is C12H13F2NO4S. The third-order valence-corrected chi connectivity index (χ3v) is 3.16. The van der Waals surface area contributed by atoms with Crippen molar-refractivity contribution in [3.8, 4) is 0 Å². The number of alkyl halides is 2. The van der Waals surface area contributed by atoms with Crippen molar-refractivity contribution in [1.82, 2.24) is 5.32 Å². The van der Waals surface area contributed by atoms with Crippen molar-refractivity contribution in [3.63, 3.8) is 0 Å². The smallest absolute Gasteiger partial charge is 0.326 e. The Morgan fingerprint density at radius 1 is 1.30 bits per heavy atom. The third kappa shape index (κ3) is 4.78. The molecule has 1 aromatic carbocycles. The lowest BCUT2D eigenvalue weighted by Crippen LogP contribution is -2.41. The average Bonchev–Trinajstić information content (AvgIpc) is 2.37. The van der Waals surface area contributed by atoms with E-state index < -0.39 is 30.3 Å². The van der Waals surface area contributed by atoms with E-state index in [4.69, 9.17) is 10.2 Å². The summed E-state index contributed by atoms with van der Waals surface area (Å²) in [5.41, 5.74) is -0.0259. The number of nitrogens with one attached hydrogen (secondary N) is 1. The van der Waals surface area contributed by atoms with Crippen LogP contribution in [0.1, 0.15) is 16.8 Å². The number of benzene rings is 1. The van der Waals surface area contributed by atoms with Gasteiger partial charge in [0.2, 0.25) is 0 Å². The monoisotopic (exact) mass is 305 g/mol. The number of rotatable bonds is 7. The molecule has 0 saturated carbocycles. The molecule has 1 aromatic rings. The van der Waals surface area contributed by atoms with Gasteiger partial charge < -0.3 is 15.5 Å². The standard InChI is InChI=1S/C12H13F2NO4S/c13-12(14)20-9-4-2-1-3-7(9)10(17)15-8(5-6-16)11(18)19/h1-4,8,12,16H,5-6H2,(H,15,17)(H,18,19)/t8-/m1/s1. The summed E-state index contributed by atoms with van der Waals surface area (Å²) >= 11 is 0.211. The zero-order valence-corrected chi connectivity index (χ0v) is 11.1. The molecule has 3 N–H and O–H groups in total. The highest BCUT2D eigenvalue weighted by Gasteiger charge is 2.22. The van der Waals surface area contributed by atoms with Gasteiger partial charge in [-0.25, -0.2) is 4.79 Å². The number of aliphatic hydroxyl groups excluding tert-OH is 1. The summed E-state index contributed by atoms with van der Waals surface area (Å²) in [6.07, 6.45) is -0.161. The number of hydrogen-bond donors (Lipinski definition) is 3. The van der Waals surface area contributed by atoms with Crippen molar-refractivity contribution in [1.29, 1.82) is 0 Å². The minimum absolute atomic E-state index is 0.0259. The van der Waals surface area contributed by atoms with Crippen molar-refractivity contribution in [2.75, 3.05) is 6.61 Å². The summed E-state index contributed by atoms with van der Waals surface area (Å²) in [6.45, 7) is -0.412. The molecule has 20 heavy (non-hydrogen) atoms. The molecule has 0 aliphatic carbocycles. The van der Waals surface area contributed by atoms with Gasteiger partial charge in [0.05, 0.1) is 5.56 Å². The number of carboxylic acids is 1. The summed E-state index contributed by atoms with van der Waals surface area (Å²) in [5.74, 6) is -4.75. The van der Waals surface area contributed by atoms with E-state index in [1.54, 1.807) is 0 Å². The number of halogens is 2. The second-order valence-corrected chi connectivity index (χ2v) is 4.78. The van der Waals surface area contributed by atoms with E-state index in [2.05, 4.69) is 5.32 Å². The number of carbonyl (C=O) groups is 2. The maximum atomic E-state index is 12.4. The van der Waals surface area contributed by atoms with Crippen molar-refractivity contribution in [2.24, 2.45) is 0 Å². The van der Waals surface area contributed by atoms with Crippen LogP contribution in [-0.2, 0) is 4.79 Å². The molecule has 1 atom stereocenters. The van der Waals surface area contributed by atoms with E-state index in [1.807, 2.05) is 0 Å². The number of carboxylic acid groups (broad SMARTS) is 1. The second kappa shape index (κ2) is 7.81. The molecule has 8 heteroatoms. The van der Waals surface area contributed by atoms with Crippen LogP contribution in [0.4, 0.5) is 8.78 Å². The molecule has 0 unspecified atom stereocenters. The highest BCUT2D eigenvalue weighted by molar-refractivity contribution is 7.99. The summed E-state index contributed by atoms with van der Waals surface area (Å²) in [7, 11) is 0. The summed E-state index contributed by atoms with van der Waals surface area (Å²) in [4.78, 5) is 22.9. The fraction of sp³-hybridized carbons (Fsp3) is 0.333. The largest absolute Gasteiger partial charge is 0.480 e. The van der Waals surface area contributed by atoms with Gasteiger partial charge in [-0.2, -0.15) is 8.78 Å². The van der Waals surface area contributed by atoms with Crippen molar-refractivity contribution >= 4 is 23.6 Å². The quantitative estimate of drug-likeness (QED) is 0.666. The van der Waals surface area contributed by atoms with E-state index in [0.717, 1.165) is 0 Å². The Hall–Kier alpha value is -1.67. The Balaban J connectivity index is 2.88. The van der Waals surface area contributed by atoms with Gasteiger partial charge in [0.1, 0.15) is 6.04 Å². The first-order valence-corrected chi connectivity index (χ1v) is 6.52. The lowest BCUT2D eigenvalue weighted by atomic mass is 10.1. The lowest BCUT2D eigenvalue weighted by Gasteiger charge is -2.14. The highest BCUT2D eigenvalue weighted by atomic mass is 32.2. The topological polar surface area (TPSA) is 86.6 Å². The highest BCUT2D eigenvalue weighted by Crippen LogP contribution is 2.28. The fourth-order valence-electron chi connectivity index (χ4n) is 1.48. The summed E-state index contributed by atoms with van der Waals surface area (Å²) in [6, 6.07) is 4.42. The van der Waals surface area contributed by atoms with Gasteiger partial charge in [0, 0.05) is 17.9 Å². The maximum Gasteiger partial charge on any atom is 0.326 e. The van der Waals surface area contributed by atoms with Crippen molar-refractivity contribution in [2.45, 2.75) is 23.1 Å². The third-order valence-electron chi connectivity index (χ3n) is 2.37. The Bertz CT molecular complexity index is 484. The van der Waals surface area contributed by atoms with Gasteiger partial charge in [0.15, 0.2) is 0 Å². The van der Waals surface area contributed by atoms with E-state index in [1.165, 1.54) is 24.3 Å². The van der Waals surface area contributed by atoms with Crippen LogP contribution < -0.4 is 5.32 Å². The van der Waals surface area contributed by atoms with E-state index >= 15 is 0 Å². The molecule has 0 fully saturated rings. The molecule has 0 saturated heterocycles. The van der Waals surface area contributed by atoms with Crippen molar-refractivity contribution < 1.29 is 28.6 Å². The van der Waals surface area contributed by atoms with Crippen LogP contribution in [0.5, 0.6) is 0 Å². The molecular weight excluding hydrogens is 292 g/mol. The first kappa shape index (κ1) is 16.4. The van der Waals surface area contributed by atoms with Crippen LogP contribution in [0, 0.1) is 0 Å². The molecule has 5 nitrogen and oxygen atoms in total. The van der Waals surface area contributed by atoms with Crippen LogP contribution in [-0.4, -0.2) is 40.5 Å². The van der Waals surface area contributed by atoms with E-state index in [-0.39, 0.29) is 28.6 Å². The number of aliphatic hydroxyl groups is 1. The zero-order chi connectivity index (χ0) is 15.1. The zero-order valence-electron chi connectivity index (χ0n) is 10.3. The number of amides is 1. The van der Waals surface area contributed by atoms with Gasteiger partial charge in [-0.1, -0.05) is 23.9 Å². The van der Waals surface area contributed by atoms with Crippen LogP contribution in [0.15, 0.2) is 29.2 Å². The van der Waals surface area contributed by atoms with Gasteiger partial charge in [-0.3, -0.25) is 4.79 Å². The summed E-state index contributed by atoms with van der Waals surface area (Å²) in [5, 5.41) is 19.8. The average molecular weight is 305 g/mol. The lowest BCUT2D eigenvalue weighted by molar-refractivity contribution is -0.139. The molecule has 0 aliphatic heterocycles. The van der Waals surface area contributed by atoms with Crippen LogP contribution in [0.2, 0.25) is 0 Å². The van der Waals surface area contributed by atoms with Gasteiger partial charge in [-0.05, 0) is 12.1 Å². The molecule has 1 amide bonds. The molecule has 0 bridgehead atoms. The molecule has 0 aromatic heterocycles. The minimum atomic E-state index is -2.68. The SMILES string of the molecule is O=C(N[C@H](CCO)C(=O)O)c1ccccc1SC(F)F. The molecule has 0 radical (unpaired) electrons. The van der Waals surface area contributed by atoms with Crippen molar-refractivity contribution in [3.05, 3.63) is 29.8 Å². The molecule has 110 valence electrons. The van der Waals surface area contributed by atoms with Gasteiger partial charge in [0.25, 0.3) is 11.7 Å². The van der Waals surface area contributed by atoms with Crippen LogP contribution in [0.25, 0.3) is 0 Å². The molecule has 0 aliphatic rings. The Kier molecular flexibility index (Phi) is 6.40. The summed E-state index contributed by atoms with van der Waals surface area (Å²) < 4.78 is 24.8. The van der Waals surface area contributed by atoms with Crippen LogP contribution in [0.3, 0.4) is 0 Å². The predicted molar refractivity (Wildman–Crippen MR) is 68.9 cm³/mol. The number of carbonyl (C=O) groups excluding carboxylic acids is 1. The Labute approximate surface area is 118 Å². The Morgan fingerprint density at radius 3 is 2.50 bits per heavy atom. The second-order valence-electron chi connectivity index (χ2n) is 3.75. The molecule has 0 heterocycles.